The molecule has 0 aromatic heterocycles. The number of rotatable bonds is 9. The van der Waals surface area contributed by atoms with E-state index in [1.54, 1.807) is 13.0 Å². The van der Waals surface area contributed by atoms with Crippen LogP contribution >= 0.6 is 0 Å². The van der Waals surface area contributed by atoms with Crippen LogP contribution in [0.2, 0.25) is 0 Å². The van der Waals surface area contributed by atoms with E-state index >= 15 is 0 Å². The number of hydrogen-bond acceptors (Lipinski definition) is 4. The van der Waals surface area contributed by atoms with Crippen molar-refractivity contribution in [2.45, 2.75) is 46.1 Å². The predicted octanol–water partition coefficient (Wildman–Crippen LogP) is 2.42. The molecule has 4 nitrogen and oxygen atoms in total. The van der Waals surface area contributed by atoms with Gasteiger partial charge in [0.25, 0.3) is 0 Å². The Morgan fingerprint density at radius 1 is 1.26 bits per heavy atom. The number of allylic oxidation sites excluding steroid dienone is 2. The molecule has 0 aliphatic heterocycles. The van der Waals surface area contributed by atoms with E-state index < -0.39 is 12.1 Å². The fourth-order valence-electron chi connectivity index (χ4n) is 1.63. The van der Waals surface area contributed by atoms with E-state index in [2.05, 4.69) is 0 Å². The molecule has 0 aliphatic carbocycles. The molecule has 0 bridgehead atoms. The third-order valence-electron chi connectivity index (χ3n) is 2.66. The minimum atomic E-state index is -1.07. The van der Waals surface area contributed by atoms with Gasteiger partial charge in [-0.3, -0.25) is 4.79 Å². The molecule has 4 heteroatoms. The normalized spacial score (nSPS) is 14.7. The molecule has 0 rings (SSSR count). The first kappa shape index (κ1) is 17.6. The van der Waals surface area contributed by atoms with Gasteiger partial charge in [-0.15, -0.1) is 0 Å². The predicted molar refractivity (Wildman–Crippen MR) is 74.6 cm³/mol. The van der Waals surface area contributed by atoms with Crippen molar-refractivity contribution in [2.75, 3.05) is 6.61 Å². The van der Waals surface area contributed by atoms with E-state index in [0.717, 1.165) is 12.8 Å². The standard InChI is InChI=1S/C15H24O4/c1-4-6-7-8-9-13(15(18)12(3)16)10-11-14(17)19-5-2/h6-7,10-11,13,15,18H,4-5,8-9H2,1-3H3/b7-6-,11-10+/t13-,15-/m0/s1. The molecule has 0 aromatic carbocycles. The van der Waals surface area contributed by atoms with Gasteiger partial charge in [0.1, 0.15) is 6.10 Å². The number of carbonyl (C=O) groups is 2. The molecular weight excluding hydrogens is 244 g/mol. The van der Waals surface area contributed by atoms with Crippen LogP contribution in [0, 0.1) is 5.92 Å². The summed E-state index contributed by atoms with van der Waals surface area (Å²) in [5.74, 6) is -1.10. The number of carbonyl (C=O) groups excluding carboxylic acids is 2. The molecule has 0 amide bonds. The van der Waals surface area contributed by atoms with Crippen LogP contribution in [0.25, 0.3) is 0 Å². The van der Waals surface area contributed by atoms with Gasteiger partial charge in [-0.2, -0.15) is 0 Å². The van der Waals surface area contributed by atoms with E-state index in [4.69, 9.17) is 4.74 Å². The second-order valence-electron chi connectivity index (χ2n) is 4.29. The zero-order valence-corrected chi connectivity index (χ0v) is 12.0. The van der Waals surface area contributed by atoms with Crippen molar-refractivity contribution in [1.29, 1.82) is 0 Å². The van der Waals surface area contributed by atoms with E-state index in [9.17, 15) is 14.7 Å². The third kappa shape index (κ3) is 8.32. The summed E-state index contributed by atoms with van der Waals surface area (Å²) in [4.78, 5) is 22.5. The van der Waals surface area contributed by atoms with Gasteiger partial charge in [0.15, 0.2) is 5.78 Å². The van der Waals surface area contributed by atoms with Crippen molar-refractivity contribution in [3.05, 3.63) is 24.3 Å². The highest BCUT2D eigenvalue weighted by atomic mass is 16.5. The summed E-state index contributed by atoms with van der Waals surface area (Å²) in [6, 6.07) is 0. The second-order valence-corrected chi connectivity index (χ2v) is 4.29. The Kier molecular flexibility index (Phi) is 9.71. The maximum absolute atomic E-state index is 11.2. The van der Waals surface area contributed by atoms with E-state index in [1.807, 2.05) is 19.1 Å². The van der Waals surface area contributed by atoms with Crippen LogP contribution in [0.3, 0.4) is 0 Å². The minimum Gasteiger partial charge on any atom is -0.463 e. The number of ether oxygens (including phenoxy) is 1. The lowest BCUT2D eigenvalue weighted by Crippen LogP contribution is -2.26. The van der Waals surface area contributed by atoms with Crippen molar-refractivity contribution in [3.8, 4) is 0 Å². The third-order valence-corrected chi connectivity index (χ3v) is 2.66. The summed E-state index contributed by atoms with van der Waals surface area (Å²) < 4.78 is 4.77. The van der Waals surface area contributed by atoms with Gasteiger partial charge in [0.2, 0.25) is 0 Å². The smallest absolute Gasteiger partial charge is 0.330 e. The largest absolute Gasteiger partial charge is 0.463 e. The number of aliphatic hydroxyl groups excluding tert-OH is 1. The fraction of sp³-hybridized carbons (Fsp3) is 0.600. The van der Waals surface area contributed by atoms with Crippen molar-refractivity contribution in [3.63, 3.8) is 0 Å². The van der Waals surface area contributed by atoms with Crippen LogP contribution in [0.15, 0.2) is 24.3 Å². The monoisotopic (exact) mass is 268 g/mol. The Hall–Kier alpha value is -1.42. The first-order valence-corrected chi connectivity index (χ1v) is 6.71. The van der Waals surface area contributed by atoms with Gasteiger partial charge < -0.3 is 9.84 Å². The Morgan fingerprint density at radius 3 is 2.47 bits per heavy atom. The molecule has 0 saturated heterocycles. The Morgan fingerprint density at radius 2 is 1.95 bits per heavy atom. The van der Waals surface area contributed by atoms with Crippen LogP contribution in [0.4, 0.5) is 0 Å². The van der Waals surface area contributed by atoms with Gasteiger partial charge in [-0.05, 0) is 33.1 Å². The lowest BCUT2D eigenvalue weighted by atomic mass is 9.93. The molecule has 108 valence electrons. The van der Waals surface area contributed by atoms with Gasteiger partial charge in [-0.1, -0.05) is 25.2 Å². The summed E-state index contributed by atoms with van der Waals surface area (Å²) in [7, 11) is 0. The summed E-state index contributed by atoms with van der Waals surface area (Å²) in [5, 5.41) is 9.81. The zero-order chi connectivity index (χ0) is 14.7. The molecule has 19 heavy (non-hydrogen) atoms. The Balaban J connectivity index is 4.53. The van der Waals surface area contributed by atoms with Crippen molar-refractivity contribution >= 4 is 11.8 Å². The highest BCUT2D eigenvalue weighted by Crippen LogP contribution is 2.15. The average molecular weight is 268 g/mol. The van der Waals surface area contributed by atoms with Crippen LogP contribution in [-0.4, -0.2) is 29.6 Å². The lowest BCUT2D eigenvalue weighted by Gasteiger charge is -2.16. The molecule has 0 radical (unpaired) electrons. The van der Waals surface area contributed by atoms with Gasteiger partial charge in [0, 0.05) is 12.0 Å². The van der Waals surface area contributed by atoms with Crippen LogP contribution in [0.5, 0.6) is 0 Å². The Labute approximate surface area is 115 Å². The zero-order valence-electron chi connectivity index (χ0n) is 12.0. The summed E-state index contributed by atoms with van der Waals surface area (Å²) >= 11 is 0. The highest BCUT2D eigenvalue weighted by molar-refractivity contribution is 5.83. The average Bonchev–Trinajstić information content (AvgIpc) is 2.37. The van der Waals surface area contributed by atoms with E-state index in [-0.39, 0.29) is 11.7 Å². The summed E-state index contributed by atoms with van der Waals surface area (Å²) in [5.41, 5.74) is 0. The minimum absolute atomic E-state index is 0.294. The van der Waals surface area contributed by atoms with Crippen LogP contribution in [-0.2, 0) is 14.3 Å². The number of ketones is 1. The Bertz CT molecular complexity index is 331. The second kappa shape index (κ2) is 10.5. The van der Waals surface area contributed by atoms with E-state index in [1.165, 1.54) is 13.0 Å². The van der Waals surface area contributed by atoms with E-state index in [0.29, 0.717) is 13.0 Å². The maximum atomic E-state index is 11.2. The summed E-state index contributed by atoms with van der Waals surface area (Å²) in [6.45, 7) is 5.42. The number of aliphatic hydroxyl groups is 1. The summed E-state index contributed by atoms with van der Waals surface area (Å²) in [6.07, 6.45) is 8.15. The molecule has 0 fully saturated rings. The molecule has 0 heterocycles. The lowest BCUT2D eigenvalue weighted by molar-refractivity contribution is -0.137. The molecular formula is C15H24O4. The molecule has 2 atom stereocenters. The topological polar surface area (TPSA) is 63.6 Å². The van der Waals surface area contributed by atoms with Crippen molar-refractivity contribution < 1.29 is 19.4 Å². The molecule has 0 aliphatic rings. The molecule has 0 aromatic rings. The number of Topliss-reactive ketones (excluding diaryl/α,β-unsaturated/α-hetero) is 1. The molecule has 0 saturated carbocycles. The van der Waals surface area contributed by atoms with Crippen molar-refractivity contribution in [2.24, 2.45) is 5.92 Å². The maximum Gasteiger partial charge on any atom is 0.330 e. The van der Waals surface area contributed by atoms with Crippen LogP contribution < -0.4 is 0 Å². The SMILES string of the molecule is CC/C=C\CC[C@@H](/C=C/C(=O)OCC)[C@@H](O)C(C)=O. The number of hydrogen-bond donors (Lipinski definition) is 1. The fourth-order valence-corrected chi connectivity index (χ4v) is 1.63. The molecule has 0 unspecified atom stereocenters. The number of esters is 1. The molecule has 0 spiro atoms. The van der Waals surface area contributed by atoms with Gasteiger partial charge >= 0.3 is 5.97 Å². The van der Waals surface area contributed by atoms with Crippen molar-refractivity contribution in [1.82, 2.24) is 0 Å². The highest BCUT2D eigenvalue weighted by Gasteiger charge is 2.20. The quantitative estimate of drug-likeness (QED) is 0.396. The van der Waals surface area contributed by atoms with Crippen LogP contribution in [0.1, 0.15) is 40.0 Å². The molecule has 1 N–H and O–H groups in total. The first-order valence-electron chi connectivity index (χ1n) is 6.71. The van der Waals surface area contributed by atoms with Gasteiger partial charge in [0.05, 0.1) is 6.61 Å². The van der Waals surface area contributed by atoms with Gasteiger partial charge in [-0.25, -0.2) is 4.79 Å². The first-order chi connectivity index (χ1) is 9.02.